The molecular weight excluding hydrogens is 460 g/mol. The van der Waals surface area contributed by atoms with Crippen LogP contribution in [0.3, 0.4) is 0 Å². The Morgan fingerprint density at radius 3 is 1.43 bits per heavy atom. The van der Waals surface area contributed by atoms with Crippen molar-refractivity contribution < 1.29 is 19.1 Å². The molecule has 37 heavy (non-hydrogen) atoms. The van der Waals surface area contributed by atoms with Crippen molar-refractivity contribution in [3.05, 3.63) is 96.1 Å². The highest BCUT2D eigenvalue weighted by molar-refractivity contribution is 5.96. The summed E-state index contributed by atoms with van der Waals surface area (Å²) in [6.45, 7) is 0. The van der Waals surface area contributed by atoms with Crippen molar-refractivity contribution in [2.75, 3.05) is 0 Å². The first kappa shape index (κ1) is 22.5. The Kier molecular flexibility index (Phi) is 5.49. The van der Waals surface area contributed by atoms with Crippen LogP contribution in [0.2, 0.25) is 0 Å². The van der Waals surface area contributed by atoms with Crippen molar-refractivity contribution in [1.29, 1.82) is 0 Å². The molecule has 0 saturated heterocycles. The van der Waals surface area contributed by atoms with E-state index in [0.717, 1.165) is 28.0 Å². The van der Waals surface area contributed by atoms with Crippen LogP contribution in [-0.4, -0.2) is 24.1 Å². The number of fused-ring (bicyclic) bond motifs is 7. The predicted octanol–water partition coefficient (Wildman–Crippen LogP) is 7.20. The first-order chi connectivity index (χ1) is 18.2. The lowest BCUT2D eigenvalue weighted by Gasteiger charge is -2.42. The first-order valence-electron chi connectivity index (χ1n) is 13.6. The topological polar surface area (TPSA) is 52.6 Å². The second-order valence-electron chi connectivity index (χ2n) is 11.0. The number of hydrogen-bond donors (Lipinski definition) is 0. The van der Waals surface area contributed by atoms with Crippen molar-refractivity contribution in [3.63, 3.8) is 0 Å². The lowest BCUT2D eigenvalue weighted by Crippen LogP contribution is -2.47. The fourth-order valence-electron chi connectivity index (χ4n) is 7.48. The fourth-order valence-corrected chi connectivity index (χ4v) is 7.48. The summed E-state index contributed by atoms with van der Waals surface area (Å²) in [7, 11) is 0. The Hall–Kier alpha value is -3.66. The van der Waals surface area contributed by atoms with E-state index in [1.54, 1.807) is 0 Å². The van der Waals surface area contributed by atoms with E-state index in [2.05, 4.69) is 0 Å². The quantitative estimate of drug-likeness (QED) is 0.284. The van der Waals surface area contributed by atoms with Gasteiger partial charge in [-0.15, -0.1) is 0 Å². The maximum atomic E-state index is 13.4. The van der Waals surface area contributed by atoms with E-state index >= 15 is 0 Å². The number of esters is 2. The third-order valence-electron chi connectivity index (χ3n) is 9.14. The van der Waals surface area contributed by atoms with Gasteiger partial charge in [-0.2, -0.15) is 0 Å². The van der Waals surface area contributed by atoms with Gasteiger partial charge in [0.2, 0.25) is 0 Å². The van der Waals surface area contributed by atoms with Crippen molar-refractivity contribution >= 4 is 33.5 Å². The highest BCUT2D eigenvalue weighted by atomic mass is 16.6. The fraction of sp³-hybridized carbons (Fsp3) is 0.333. The molecule has 0 aromatic heterocycles. The number of carbonyl (C=O) groups excluding carboxylic acids is 2. The van der Waals surface area contributed by atoms with Crippen LogP contribution < -0.4 is 0 Å². The van der Waals surface area contributed by atoms with E-state index in [-0.39, 0.29) is 23.8 Å². The summed E-state index contributed by atoms with van der Waals surface area (Å²) in [6.07, 6.45) is 5.01. The van der Waals surface area contributed by atoms with Gasteiger partial charge in [-0.05, 0) is 76.9 Å². The van der Waals surface area contributed by atoms with Gasteiger partial charge in [0.15, 0.2) is 0 Å². The van der Waals surface area contributed by atoms with Crippen molar-refractivity contribution in [2.45, 2.75) is 44.3 Å². The molecule has 2 bridgehead atoms. The minimum absolute atomic E-state index is 0.258. The maximum absolute atomic E-state index is 13.4. The van der Waals surface area contributed by atoms with Gasteiger partial charge < -0.3 is 9.47 Å². The second kappa shape index (κ2) is 9.02. The zero-order valence-electron chi connectivity index (χ0n) is 20.7. The lowest BCUT2D eigenvalue weighted by atomic mass is 9.69. The smallest absolute Gasteiger partial charge is 0.338 e. The van der Waals surface area contributed by atoms with E-state index in [9.17, 15) is 9.59 Å². The van der Waals surface area contributed by atoms with Crippen molar-refractivity contribution in [2.24, 2.45) is 23.7 Å². The third-order valence-corrected chi connectivity index (χ3v) is 9.14. The third kappa shape index (κ3) is 3.90. The molecule has 3 aliphatic carbocycles. The molecule has 4 aromatic carbocycles. The van der Waals surface area contributed by atoms with E-state index in [4.69, 9.17) is 9.47 Å². The Balaban J connectivity index is 1.16. The molecule has 3 fully saturated rings. The zero-order valence-corrected chi connectivity index (χ0v) is 20.7. The van der Waals surface area contributed by atoms with Gasteiger partial charge in [0.05, 0.1) is 11.1 Å². The molecule has 0 heterocycles. The second-order valence-corrected chi connectivity index (χ2v) is 11.0. The molecule has 4 nitrogen and oxygen atoms in total. The van der Waals surface area contributed by atoms with Gasteiger partial charge in [0.1, 0.15) is 12.2 Å². The zero-order chi connectivity index (χ0) is 24.9. The monoisotopic (exact) mass is 490 g/mol. The maximum Gasteiger partial charge on any atom is 0.338 e. The summed E-state index contributed by atoms with van der Waals surface area (Å²) in [4.78, 5) is 26.7. The summed E-state index contributed by atoms with van der Waals surface area (Å²) in [5.74, 6) is 0.973. The molecule has 0 aliphatic heterocycles. The molecule has 4 heteroatoms. The minimum atomic E-state index is -0.396. The van der Waals surface area contributed by atoms with E-state index < -0.39 is 12.2 Å². The normalized spacial score (nSPS) is 28.2. The average molecular weight is 491 g/mol. The van der Waals surface area contributed by atoms with Crippen LogP contribution in [-0.2, 0) is 9.47 Å². The Labute approximate surface area is 216 Å². The van der Waals surface area contributed by atoms with Crippen LogP contribution >= 0.6 is 0 Å². The summed E-state index contributed by atoms with van der Waals surface area (Å²) in [5.41, 5.74) is 1.09. The Morgan fingerprint density at radius 2 is 0.973 bits per heavy atom. The SMILES string of the molecule is O=C(OC1C2C[C@H](C3CCCCC23)C1OC(=O)c1ccc2ccccc2c1)c1ccc2ccccc2c1. The van der Waals surface area contributed by atoms with Gasteiger partial charge in [0.25, 0.3) is 0 Å². The summed E-state index contributed by atoms with van der Waals surface area (Å²) in [6, 6.07) is 27.4. The minimum Gasteiger partial charge on any atom is -0.455 e. The molecule has 5 unspecified atom stereocenters. The van der Waals surface area contributed by atoms with Gasteiger partial charge in [0, 0.05) is 11.8 Å². The number of benzene rings is 4. The molecule has 0 spiro atoms. The summed E-state index contributed by atoms with van der Waals surface area (Å²) >= 11 is 0. The molecule has 3 aliphatic rings. The van der Waals surface area contributed by atoms with E-state index in [1.807, 2.05) is 84.9 Å². The Morgan fingerprint density at radius 1 is 0.541 bits per heavy atom. The standard InChI is InChI=1S/C33H30O4/c34-32(24-15-13-20-7-1-3-9-22(20)17-24)36-30-28-19-29(27-12-6-5-11-26(27)28)31(30)37-33(35)25-16-14-21-8-2-4-10-23(21)18-25/h1-4,7-10,13-18,26-31H,5-6,11-12,19H2/t26?,27?,28-,29?,30?,31?/m1/s1. The van der Waals surface area contributed by atoms with Crippen molar-refractivity contribution in [1.82, 2.24) is 0 Å². The Bertz CT molecular complexity index is 1390. The van der Waals surface area contributed by atoms with Gasteiger partial charge in [-0.25, -0.2) is 9.59 Å². The lowest BCUT2D eigenvalue weighted by molar-refractivity contribution is -0.0872. The summed E-state index contributed by atoms with van der Waals surface area (Å²) in [5, 5.41) is 4.20. The van der Waals surface area contributed by atoms with Crippen LogP contribution in [0.25, 0.3) is 21.5 Å². The highest BCUT2D eigenvalue weighted by Crippen LogP contribution is 2.59. The molecule has 4 aromatic rings. The van der Waals surface area contributed by atoms with E-state index in [1.165, 1.54) is 25.7 Å². The number of rotatable bonds is 4. The van der Waals surface area contributed by atoms with Crippen LogP contribution in [0.1, 0.15) is 52.8 Å². The van der Waals surface area contributed by atoms with E-state index in [0.29, 0.717) is 23.0 Å². The molecular formula is C33H30O4. The number of ether oxygens (including phenoxy) is 2. The van der Waals surface area contributed by atoms with Crippen LogP contribution in [0.15, 0.2) is 84.9 Å². The van der Waals surface area contributed by atoms with Gasteiger partial charge in [-0.3, -0.25) is 0 Å². The van der Waals surface area contributed by atoms with Crippen molar-refractivity contribution in [3.8, 4) is 0 Å². The number of hydrogen-bond acceptors (Lipinski definition) is 4. The molecule has 0 amide bonds. The van der Waals surface area contributed by atoms with Gasteiger partial charge >= 0.3 is 11.9 Å². The molecule has 0 radical (unpaired) electrons. The van der Waals surface area contributed by atoms with Crippen LogP contribution in [0.5, 0.6) is 0 Å². The molecule has 0 N–H and O–H groups in total. The molecule has 6 atom stereocenters. The van der Waals surface area contributed by atoms with Gasteiger partial charge in [-0.1, -0.05) is 73.5 Å². The molecule has 7 rings (SSSR count). The molecule has 3 saturated carbocycles. The van der Waals surface area contributed by atoms with Crippen LogP contribution in [0, 0.1) is 23.7 Å². The highest BCUT2D eigenvalue weighted by Gasteiger charge is 2.61. The molecule has 186 valence electrons. The summed E-state index contributed by atoms with van der Waals surface area (Å²) < 4.78 is 12.5. The predicted molar refractivity (Wildman–Crippen MR) is 143 cm³/mol. The number of carbonyl (C=O) groups is 2. The van der Waals surface area contributed by atoms with Crippen LogP contribution in [0.4, 0.5) is 0 Å². The average Bonchev–Trinajstić information content (AvgIpc) is 3.49. The first-order valence-corrected chi connectivity index (χ1v) is 13.6. The largest absolute Gasteiger partial charge is 0.455 e.